The van der Waals surface area contributed by atoms with Gasteiger partial charge in [0.2, 0.25) is 0 Å². The van der Waals surface area contributed by atoms with Gasteiger partial charge in [0.15, 0.2) is 0 Å². The van der Waals surface area contributed by atoms with Crippen LogP contribution in [-0.2, 0) is 6.54 Å². The molecule has 3 nitrogen and oxygen atoms in total. The van der Waals surface area contributed by atoms with Gasteiger partial charge in [-0.1, -0.05) is 26.2 Å². The van der Waals surface area contributed by atoms with Crippen molar-refractivity contribution in [2.75, 3.05) is 13.1 Å². The number of aromatic nitrogens is 2. The standard InChI is InChI=1S/C13H23N3/c1-12-4-2-3-5-13(12)10-14-6-8-16-9-7-15-11-16/h7,9,11-14H,2-6,8,10H2,1H3/t12-,13-/m1/s1. The molecule has 0 radical (unpaired) electrons. The molecule has 1 N–H and O–H groups in total. The molecule has 1 fully saturated rings. The van der Waals surface area contributed by atoms with Gasteiger partial charge in [-0.3, -0.25) is 0 Å². The first-order valence-electron chi connectivity index (χ1n) is 6.52. The van der Waals surface area contributed by atoms with Crippen molar-refractivity contribution in [3.8, 4) is 0 Å². The Bertz CT molecular complexity index is 281. The van der Waals surface area contributed by atoms with Crippen molar-refractivity contribution in [3.05, 3.63) is 18.7 Å². The molecule has 1 aromatic rings. The van der Waals surface area contributed by atoms with E-state index in [1.165, 1.54) is 32.2 Å². The molecule has 1 aliphatic carbocycles. The van der Waals surface area contributed by atoms with Crippen molar-refractivity contribution in [2.45, 2.75) is 39.2 Å². The van der Waals surface area contributed by atoms with Crippen molar-refractivity contribution in [2.24, 2.45) is 11.8 Å². The molecule has 0 unspecified atom stereocenters. The van der Waals surface area contributed by atoms with Crippen LogP contribution in [0.2, 0.25) is 0 Å². The number of hydrogen-bond donors (Lipinski definition) is 1. The predicted molar refractivity (Wildman–Crippen MR) is 66.2 cm³/mol. The third-order valence-corrected chi connectivity index (χ3v) is 3.80. The lowest BCUT2D eigenvalue weighted by atomic mass is 9.80. The largest absolute Gasteiger partial charge is 0.336 e. The molecule has 3 heteroatoms. The predicted octanol–water partition coefficient (Wildman–Crippen LogP) is 2.30. The maximum atomic E-state index is 4.04. The second-order valence-corrected chi connectivity index (χ2v) is 5.03. The molecule has 1 saturated carbocycles. The fraction of sp³-hybridized carbons (Fsp3) is 0.769. The van der Waals surface area contributed by atoms with Crippen LogP contribution in [0.15, 0.2) is 18.7 Å². The van der Waals surface area contributed by atoms with Crippen LogP contribution in [-0.4, -0.2) is 22.6 Å². The van der Waals surface area contributed by atoms with Gasteiger partial charge in [0, 0.05) is 25.5 Å². The lowest BCUT2D eigenvalue weighted by Gasteiger charge is -2.28. The van der Waals surface area contributed by atoms with Gasteiger partial charge in [-0.2, -0.15) is 0 Å². The molecule has 0 aliphatic heterocycles. The number of imidazole rings is 1. The lowest BCUT2D eigenvalue weighted by Crippen LogP contribution is -2.31. The Labute approximate surface area is 98.3 Å². The fourth-order valence-corrected chi connectivity index (χ4v) is 2.61. The molecule has 0 amide bonds. The van der Waals surface area contributed by atoms with E-state index in [4.69, 9.17) is 0 Å². The highest BCUT2D eigenvalue weighted by Gasteiger charge is 2.20. The topological polar surface area (TPSA) is 29.9 Å². The fourth-order valence-electron chi connectivity index (χ4n) is 2.61. The smallest absolute Gasteiger partial charge is 0.0946 e. The quantitative estimate of drug-likeness (QED) is 0.773. The van der Waals surface area contributed by atoms with Crippen LogP contribution in [0.1, 0.15) is 32.6 Å². The van der Waals surface area contributed by atoms with Gasteiger partial charge in [0.05, 0.1) is 6.33 Å². The summed E-state index contributed by atoms with van der Waals surface area (Å²) in [6, 6.07) is 0. The summed E-state index contributed by atoms with van der Waals surface area (Å²) in [5.74, 6) is 1.81. The molecule has 1 aliphatic rings. The molecular formula is C13H23N3. The van der Waals surface area contributed by atoms with Gasteiger partial charge in [-0.25, -0.2) is 4.98 Å². The van der Waals surface area contributed by atoms with E-state index >= 15 is 0 Å². The number of hydrogen-bond acceptors (Lipinski definition) is 2. The third-order valence-electron chi connectivity index (χ3n) is 3.80. The first kappa shape index (κ1) is 11.6. The van der Waals surface area contributed by atoms with Crippen LogP contribution in [0.5, 0.6) is 0 Å². The summed E-state index contributed by atoms with van der Waals surface area (Å²) in [5, 5.41) is 3.58. The zero-order valence-electron chi connectivity index (χ0n) is 10.2. The summed E-state index contributed by atoms with van der Waals surface area (Å²) in [5.41, 5.74) is 0. The lowest BCUT2D eigenvalue weighted by molar-refractivity contribution is 0.247. The van der Waals surface area contributed by atoms with E-state index in [1.807, 2.05) is 18.7 Å². The Balaban J connectivity index is 1.60. The maximum Gasteiger partial charge on any atom is 0.0946 e. The molecule has 1 heterocycles. The zero-order chi connectivity index (χ0) is 11.2. The van der Waals surface area contributed by atoms with Crippen molar-refractivity contribution < 1.29 is 0 Å². The molecule has 0 spiro atoms. The minimum absolute atomic E-state index is 0.900. The molecule has 0 aromatic carbocycles. The van der Waals surface area contributed by atoms with Gasteiger partial charge in [0.25, 0.3) is 0 Å². The number of nitrogens with zero attached hydrogens (tertiary/aromatic N) is 2. The minimum Gasteiger partial charge on any atom is -0.336 e. The summed E-state index contributed by atoms with van der Waals surface area (Å²) in [6.45, 7) is 5.68. The van der Waals surface area contributed by atoms with Crippen LogP contribution >= 0.6 is 0 Å². The molecule has 0 bridgehead atoms. The summed E-state index contributed by atoms with van der Waals surface area (Å²) in [6.07, 6.45) is 11.4. The van der Waals surface area contributed by atoms with Crippen LogP contribution in [0.4, 0.5) is 0 Å². The van der Waals surface area contributed by atoms with Crippen molar-refractivity contribution in [3.63, 3.8) is 0 Å². The van der Waals surface area contributed by atoms with Crippen LogP contribution < -0.4 is 5.32 Å². The average Bonchev–Trinajstić information content (AvgIpc) is 2.79. The van der Waals surface area contributed by atoms with Gasteiger partial charge in [-0.05, 0) is 24.8 Å². The monoisotopic (exact) mass is 221 g/mol. The summed E-state index contributed by atoms with van der Waals surface area (Å²) < 4.78 is 2.12. The second kappa shape index (κ2) is 6.04. The molecule has 2 rings (SSSR count). The second-order valence-electron chi connectivity index (χ2n) is 5.03. The number of rotatable bonds is 5. The number of nitrogens with one attached hydrogen (secondary N) is 1. The highest BCUT2D eigenvalue weighted by atomic mass is 15.0. The molecule has 2 atom stereocenters. The Morgan fingerprint density at radius 3 is 3.00 bits per heavy atom. The van der Waals surface area contributed by atoms with Gasteiger partial charge in [-0.15, -0.1) is 0 Å². The van der Waals surface area contributed by atoms with Gasteiger partial charge < -0.3 is 9.88 Å². The molecule has 90 valence electrons. The van der Waals surface area contributed by atoms with E-state index in [0.717, 1.165) is 24.9 Å². The Hall–Kier alpha value is -0.830. The first-order chi connectivity index (χ1) is 7.86. The Morgan fingerprint density at radius 1 is 1.38 bits per heavy atom. The van der Waals surface area contributed by atoms with E-state index in [9.17, 15) is 0 Å². The van der Waals surface area contributed by atoms with Crippen LogP contribution in [0, 0.1) is 11.8 Å². The van der Waals surface area contributed by atoms with Crippen molar-refractivity contribution in [1.29, 1.82) is 0 Å². The van der Waals surface area contributed by atoms with Crippen molar-refractivity contribution in [1.82, 2.24) is 14.9 Å². The zero-order valence-corrected chi connectivity index (χ0v) is 10.2. The van der Waals surface area contributed by atoms with E-state index in [2.05, 4.69) is 21.8 Å². The SMILES string of the molecule is C[C@@H]1CCCC[C@@H]1CNCCn1ccnc1. The van der Waals surface area contributed by atoms with Crippen LogP contribution in [0.25, 0.3) is 0 Å². The average molecular weight is 221 g/mol. The molecular weight excluding hydrogens is 198 g/mol. The van der Waals surface area contributed by atoms with Crippen LogP contribution in [0.3, 0.4) is 0 Å². The van der Waals surface area contributed by atoms with E-state index in [-0.39, 0.29) is 0 Å². The van der Waals surface area contributed by atoms with E-state index < -0.39 is 0 Å². The molecule has 16 heavy (non-hydrogen) atoms. The Kier molecular flexibility index (Phi) is 4.40. The Morgan fingerprint density at radius 2 is 2.25 bits per heavy atom. The highest BCUT2D eigenvalue weighted by molar-refractivity contribution is 4.76. The molecule has 1 aromatic heterocycles. The highest BCUT2D eigenvalue weighted by Crippen LogP contribution is 2.28. The summed E-state index contributed by atoms with van der Waals surface area (Å²) in [4.78, 5) is 4.04. The maximum absolute atomic E-state index is 4.04. The third kappa shape index (κ3) is 3.34. The summed E-state index contributed by atoms with van der Waals surface area (Å²) >= 11 is 0. The van der Waals surface area contributed by atoms with E-state index in [0.29, 0.717) is 0 Å². The van der Waals surface area contributed by atoms with Gasteiger partial charge in [0.1, 0.15) is 0 Å². The van der Waals surface area contributed by atoms with Gasteiger partial charge >= 0.3 is 0 Å². The normalized spacial score (nSPS) is 25.8. The minimum atomic E-state index is 0.900. The first-order valence-corrected chi connectivity index (χ1v) is 6.52. The van der Waals surface area contributed by atoms with E-state index in [1.54, 1.807) is 0 Å². The summed E-state index contributed by atoms with van der Waals surface area (Å²) in [7, 11) is 0. The molecule has 0 saturated heterocycles. The van der Waals surface area contributed by atoms with Crippen molar-refractivity contribution >= 4 is 0 Å².